The summed E-state index contributed by atoms with van der Waals surface area (Å²) >= 11 is 1.32. The summed E-state index contributed by atoms with van der Waals surface area (Å²) in [7, 11) is 1.63. The lowest BCUT2D eigenvalue weighted by atomic mass is 10.5. The summed E-state index contributed by atoms with van der Waals surface area (Å²) in [5.74, 6) is 4.66. The third-order valence-electron chi connectivity index (χ3n) is 1.43. The minimum absolute atomic E-state index is 0.304. The molecule has 72 valence electrons. The molecule has 0 aliphatic carbocycles. The lowest BCUT2D eigenvalue weighted by Gasteiger charge is -1.93. The molecule has 0 unspecified atom stereocenters. The van der Waals surface area contributed by atoms with Crippen LogP contribution in [0.2, 0.25) is 0 Å². The number of hydrogen-bond acceptors (Lipinski definition) is 5. The summed E-state index contributed by atoms with van der Waals surface area (Å²) in [5.41, 5.74) is 2.05. The zero-order valence-corrected chi connectivity index (χ0v) is 8.06. The molecule has 5 nitrogen and oxygen atoms in total. The Kier molecular flexibility index (Phi) is 3.81. The van der Waals surface area contributed by atoms with Gasteiger partial charge in [-0.15, -0.1) is 11.3 Å². The largest absolute Gasteiger partial charge is 0.384 e. The molecule has 0 spiro atoms. The van der Waals surface area contributed by atoms with Crippen molar-refractivity contribution in [2.24, 2.45) is 5.84 Å². The summed E-state index contributed by atoms with van der Waals surface area (Å²) in [6.07, 6.45) is 2.23. The van der Waals surface area contributed by atoms with Crippen molar-refractivity contribution in [1.29, 1.82) is 0 Å². The normalized spacial score (nSPS) is 10.0. The molecular formula is C7H11N3O2S. The minimum atomic E-state index is -0.304. The molecule has 0 aliphatic rings. The number of carbonyl (C=O) groups excluding carboxylic acids is 1. The number of amides is 1. The monoisotopic (exact) mass is 201 g/mol. The third-order valence-corrected chi connectivity index (χ3v) is 2.48. The van der Waals surface area contributed by atoms with Crippen LogP contribution in [0.5, 0.6) is 0 Å². The number of nitrogens with two attached hydrogens (primary N) is 1. The quantitative estimate of drug-likeness (QED) is 0.406. The SMILES string of the molecule is COCCc1ncc(C(=O)NN)s1. The maximum atomic E-state index is 11.0. The molecular weight excluding hydrogens is 190 g/mol. The second kappa shape index (κ2) is 4.90. The van der Waals surface area contributed by atoms with Gasteiger partial charge in [0, 0.05) is 13.5 Å². The molecule has 13 heavy (non-hydrogen) atoms. The number of hydrazine groups is 1. The molecule has 1 aromatic heterocycles. The topological polar surface area (TPSA) is 77.2 Å². The highest BCUT2D eigenvalue weighted by Crippen LogP contribution is 2.12. The molecule has 0 fully saturated rings. The van der Waals surface area contributed by atoms with Gasteiger partial charge in [-0.2, -0.15) is 0 Å². The molecule has 0 radical (unpaired) electrons. The second-order valence-electron chi connectivity index (χ2n) is 2.33. The van der Waals surface area contributed by atoms with E-state index in [4.69, 9.17) is 10.6 Å². The molecule has 3 N–H and O–H groups in total. The predicted octanol–water partition coefficient (Wildman–Crippen LogP) is -0.0645. The van der Waals surface area contributed by atoms with E-state index in [2.05, 4.69) is 10.4 Å². The van der Waals surface area contributed by atoms with Gasteiger partial charge < -0.3 is 4.74 Å². The van der Waals surface area contributed by atoms with E-state index in [0.29, 0.717) is 11.5 Å². The predicted molar refractivity (Wildman–Crippen MR) is 49.3 cm³/mol. The van der Waals surface area contributed by atoms with Crippen LogP contribution in [-0.4, -0.2) is 24.6 Å². The average Bonchev–Trinajstić information content (AvgIpc) is 2.62. The molecule has 1 amide bonds. The van der Waals surface area contributed by atoms with Crippen molar-refractivity contribution in [1.82, 2.24) is 10.4 Å². The van der Waals surface area contributed by atoms with Crippen molar-refractivity contribution in [3.8, 4) is 0 Å². The molecule has 0 saturated heterocycles. The Labute approximate surface area is 79.9 Å². The van der Waals surface area contributed by atoms with Crippen LogP contribution < -0.4 is 11.3 Å². The average molecular weight is 201 g/mol. The number of rotatable bonds is 4. The van der Waals surface area contributed by atoms with E-state index in [-0.39, 0.29) is 5.91 Å². The van der Waals surface area contributed by atoms with Gasteiger partial charge in [-0.25, -0.2) is 10.8 Å². The van der Waals surface area contributed by atoms with Gasteiger partial charge in [0.05, 0.1) is 17.8 Å². The van der Waals surface area contributed by atoms with Gasteiger partial charge in [-0.1, -0.05) is 0 Å². The molecule has 1 aromatic rings. The smallest absolute Gasteiger partial charge is 0.276 e. The van der Waals surface area contributed by atoms with Crippen LogP contribution in [0, 0.1) is 0 Å². The summed E-state index contributed by atoms with van der Waals surface area (Å²) in [4.78, 5) is 15.6. The summed E-state index contributed by atoms with van der Waals surface area (Å²) in [5, 5.41) is 0.875. The number of methoxy groups -OCH3 is 1. The third kappa shape index (κ3) is 2.76. The molecule has 1 heterocycles. The molecule has 0 bridgehead atoms. The van der Waals surface area contributed by atoms with Crippen LogP contribution in [0.15, 0.2) is 6.20 Å². The lowest BCUT2D eigenvalue weighted by molar-refractivity contribution is 0.0957. The fourth-order valence-corrected chi connectivity index (χ4v) is 1.59. The van der Waals surface area contributed by atoms with E-state index in [9.17, 15) is 4.79 Å². The fraction of sp³-hybridized carbons (Fsp3) is 0.429. The first-order valence-electron chi connectivity index (χ1n) is 3.72. The second-order valence-corrected chi connectivity index (χ2v) is 3.45. The number of aromatic nitrogens is 1. The molecule has 0 aliphatic heterocycles. The van der Waals surface area contributed by atoms with Crippen LogP contribution in [0.3, 0.4) is 0 Å². The highest BCUT2D eigenvalue weighted by atomic mass is 32.1. The van der Waals surface area contributed by atoms with Crippen molar-refractivity contribution in [3.05, 3.63) is 16.1 Å². The minimum Gasteiger partial charge on any atom is -0.384 e. The van der Waals surface area contributed by atoms with Crippen molar-refractivity contribution in [3.63, 3.8) is 0 Å². The highest BCUT2D eigenvalue weighted by Gasteiger charge is 2.08. The van der Waals surface area contributed by atoms with Crippen LogP contribution in [0.4, 0.5) is 0 Å². The van der Waals surface area contributed by atoms with Gasteiger partial charge in [-0.3, -0.25) is 10.2 Å². The zero-order valence-electron chi connectivity index (χ0n) is 7.24. The Morgan fingerprint density at radius 2 is 2.62 bits per heavy atom. The lowest BCUT2D eigenvalue weighted by Crippen LogP contribution is -2.29. The summed E-state index contributed by atoms with van der Waals surface area (Å²) in [6.45, 7) is 0.608. The number of nitrogens with zero attached hydrogens (tertiary/aromatic N) is 1. The Morgan fingerprint density at radius 1 is 1.85 bits per heavy atom. The Morgan fingerprint density at radius 3 is 3.23 bits per heavy atom. The first-order chi connectivity index (χ1) is 6.27. The van der Waals surface area contributed by atoms with Gasteiger partial charge in [0.15, 0.2) is 0 Å². The number of nitrogen functional groups attached to an aromatic ring is 1. The van der Waals surface area contributed by atoms with Gasteiger partial charge in [0.1, 0.15) is 4.88 Å². The standard InChI is InChI=1S/C7H11N3O2S/c1-12-3-2-6-9-4-5(13-6)7(11)10-8/h4H,2-3,8H2,1H3,(H,10,11). The maximum absolute atomic E-state index is 11.0. The number of nitrogens with one attached hydrogen (secondary N) is 1. The van der Waals surface area contributed by atoms with Gasteiger partial charge >= 0.3 is 0 Å². The van der Waals surface area contributed by atoms with Crippen LogP contribution in [0.25, 0.3) is 0 Å². The van der Waals surface area contributed by atoms with Crippen molar-refractivity contribution < 1.29 is 9.53 Å². The summed E-state index contributed by atoms with van der Waals surface area (Å²) < 4.78 is 4.88. The maximum Gasteiger partial charge on any atom is 0.276 e. The van der Waals surface area contributed by atoms with E-state index in [1.165, 1.54) is 17.5 Å². The first-order valence-corrected chi connectivity index (χ1v) is 4.54. The number of ether oxygens (including phenoxy) is 1. The Hall–Kier alpha value is -0.980. The van der Waals surface area contributed by atoms with Gasteiger partial charge in [0.25, 0.3) is 5.91 Å². The van der Waals surface area contributed by atoms with Crippen LogP contribution >= 0.6 is 11.3 Å². The molecule has 0 saturated carbocycles. The van der Waals surface area contributed by atoms with E-state index < -0.39 is 0 Å². The van der Waals surface area contributed by atoms with Crippen molar-refractivity contribution in [2.75, 3.05) is 13.7 Å². The van der Waals surface area contributed by atoms with Crippen molar-refractivity contribution in [2.45, 2.75) is 6.42 Å². The van der Waals surface area contributed by atoms with Crippen LogP contribution in [-0.2, 0) is 11.2 Å². The molecule has 0 aromatic carbocycles. The number of carbonyl (C=O) groups is 1. The first kappa shape index (κ1) is 10.1. The number of thiazole rings is 1. The zero-order chi connectivity index (χ0) is 9.68. The summed E-state index contributed by atoms with van der Waals surface area (Å²) in [6, 6.07) is 0. The van der Waals surface area contributed by atoms with Crippen LogP contribution in [0.1, 0.15) is 14.7 Å². The van der Waals surface area contributed by atoms with Gasteiger partial charge in [0.2, 0.25) is 0 Å². The van der Waals surface area contributed by atoms with E-state index in [1.807, 2.05) is 0 Å². The van der Waals surface area contributed by atoms with Gasteiger partial charge in [-0.05, 0) is 0 Å². The Bertz CT molecular complexity index is 287. The van der Waals surface area contributed by atoms with Crippen molar-refractivity contribution >= 4 is 17.2 Å². The molecule has 0 atom stereocenters. The molecule has 1 rings (SSSR count). The van der Waals surface area contributed by atoms with E-state index in [0.717, 1.165) is 11.4 Å². The molecule has 6 heteroatoms. The Balaban J connectivity index is 2.58. The highest BCUT2D eigenvalue weighted by molar-refractivity contribution is 7.13. The van der Waals surface area contributed by atoms with E-state index in [1.54, 1.807) is 7.11 Å². The fourth-order valence-electron chi connectivity index (χ4n) is 0.791. The van der Waals surface area contributed by atoms with E-state index >= 15 is 0 Å². The number of hydrogen-bond donors (Lipinski definition) is 2.